The lowest BCUT2D eigenvalue weighted by molar-refractivity contribution is -0.136. The average Bonchev–Trinajstić information content (AvgIpc) is 2.75. The van der Waals surface area contributed by atoms with Crippen molar-refractivity contribution in [2.45, 2.75) is 31.7 Å². The van der Waals surface area contributed by atoms with Crippen LogP contribution in [0.5, 0.6) is 0 Å². The van der Waals surface area contributed by atoms with Gasteiger partial charge in [-0.2, -0.15) is 13.2 Å². The van der Waals surface area contributed by atoms with Crippen LogP contribution in [0.2, 0.25) is 0 Å². The van der Waals surface area contributed by atoms with Gasteiger partial charge in [0.05, 0.1) is 36.1 Å². The zero-order valence-corrected chi connectivity index (χ0v) is 18.1. The topological polar surface area (TPSA) is 75.7 Å². The van der Waals surface area contributed by atoms with Crippen molar-refractivity contribution in [3.8, 4) is 0 Å². The second kappa shape index (κ2) is 9.30. The Labute approximate surface area is 184 Å². The molecule has 0 radical (unpaired) electrons. The van der Waals surface area contributed by atoms with Gasteiger partial charge in [0, 0.05) is 43.7 Å². The molecule has 2 fully saturated rings. The number of alkyl halides is 3. The molecule has 2 aliphatic heterocycles. The standard InChI is InChI=1S/C22H27F3N4O3/c1-13-9-17(22(23,24)25)20-16(19(13)28-21(30)18-11-26-5-7-32-18)4-3-14(27-20)10-15-12-29(2)6-8-31-15/h3-4,9,15,18,26H,5-8,10-12H2,1-2H3,(H,28,30)/t15-,18-/m1/s1. The predicted octanol–water partition coefficient (Wildman–Crippen LogP) is 2.36. The SMILES string of the molecule is Cc1cc(C(F)(F)F)c2nc(C[C@@H]3CN(C)CCO3)ccc2c1NC(=O)[C@H]1CNCCO1. The highest BCUT2D eigenvalue weighted by molar-refractivity contribution is 6.05. The van der Waals surface area contributed by atoms with Crippen LogP contribution in [0.15, 0.2) is 18.2 Å². The number of likely N-dealkylation sites (N-methyl/N-ethyl adjacent to an activating group) is 1. The highest BCUT2D eigenvalue weighted by atomic mass is 19.4. The monoisotopic (exact) mass is 452 g/mol. The summed E-state index contributed by atoms with van der Waals surface area (Å²) in [5.41, 5.74) is 0.155. The summed E-state index contributed by atoms with van der Waals surface area (Å²) >= 11 is 0. The third kappa shape index (κ3) is 5.03. The number of rotatable bonds is 4. The van der Waals surface area contributed by atoms with Gasteiger partial charge in [0.2, 0.25) is 0 Å². The van der Waals surface area contributed by atoms with Crippen LogP contribution in [-0.4, -0.2) is 74.4 Å². The van der Waals surface area contributed by atoms with E-state index in [9.17, 15) is 18.0 Å². The summed E-state index contributed by atoms with van der Waals surface area (Å²) in [6, 6.07) is 4.34. The quantitative estimate of drug-likeness (QED) is 0.742. The minimum Gasteiger partial charge on any atom is -0.375 e. The summed E-state index contributed by atoms with van der Waals surface area (Å²) in [4.78, 5) is 19.2. The number of aromatic nitrogens is 1. The van der Waals surface area contributed by atoms with Crippen LogP contribution in [0.4, 0.5) is 18.9 Å². The number of carbonyl (C=O) groups excluding carboxylic acids is 1. The van der Waals surface area contributed by atoms with E-state index in [4.69, 9.17) is 9.47 Å². The van der Waals surface area contributed by atoms with Gasteiger partial charge in [-0.3, -0.25) is 9.78 Å². The lowest BCUT2D eigenvalue weighted by Gasteiger charge is -2.30. The van der Waals surface area contributed by atoms with Gasteiger partial charge >= 0.3 is 6.18 Å². The second-order valence-corrected chi connectivity index (χ2v) is 8.32. The van der Waals surface area contributed by atoms with Crippen LogP contribution in [-0.2, 0) is 26.9 Å². The maximum absolute atomic E-state index is 13.8. The summed E-state index contributed by atoms with van der Waals surface area (Å²) in [7, 11) is 1.98. The van der Waals surface area contributed by atoms with E-state index in [0.717, 1.165) is 12.6 Å². The van der Waals surface area contributed by atoms with Crippen LogP contribution in [0, 0.1) is 6.92 Å². The molecule has 2 atom stereocenters. The molecule has 2 saturated heterocycles. The number of aryl methyl sites for hydroxylation is 1. The second-order valence-electron chi connectivity index (χ2n) is 8.32. The van der Waals surface area contributed by atoms with E-state index in [1.165, 1.54) is 0 Å². The van der Waals surface area contributed by atoms with E-state index < -0.39 is 23.8 Å². The molecule has 4 rings (SSSR count). The lowest BCUT2D eigenvalue weighted by Crippen LogP contribution is -2.45. The maximum Gasteiger partial charge on any atom is 0.418 e. The zero-order valence-electron chi connectivity index (χ0n) is 18.1. The van der Waals surface area contributed by atoms with Crippen molar-refractivity contribution >= 4 is 22.5 Å². The fourth-order valence-corrected chi connectivity index (χ4v) is 4.13. The first-order valence-corrected chi connectivity index (χ1v) is 10.7. The summed E-state index contributed by atoms with van der Waals surface area (Å²) < 4.78 is 52.7. The molecule has 3 heterocycles. The highest BCUT2D eigenvalue weighted by Crippen LogP contribution is 2.39. The molecule has 10 heteroatoms. The van der Waals surface area contributed by atoms with Crippen molar-refractivity contribution in [1.82, 2.24) is 15.2 Å². The normalized spacial score (nSPS) is 22.8. The number of ether oxygens (including phenoxy) is 2. The van der Waals surface area contributed by atoms with Gasteiger partial charge in [-0.05, 0) is 37.7 Å². The van der Waals surface area contributed by atoms with Crippen LogP contribution in [0.1, 0.15) is 16.8 Å². The number of benzene rings is 1. The number of nitrogens with one attached hydrogen (secondary N) is 2. The van der Waals surface area contributed by atoms with Gasteiger partial charge in [0.1, 0.15) is 6.10 Å². The fourth-order valence-electron chi connectivity index (χ4n) is 4.13. The van der Waals surface area contributed by atoms with E-state index in [0.29, 0.717) is 56.2 Å². The van der Waals surface area contributed by atoms with E-state index in [-0.39, 0.29) is 17.0 Å². The Kier molecular flexibility index (Phi) is 6.66. The van der Waals surface area contributed by atoms with E-state index in [2.05, 4.69) is 20.5 Å². The molecule has 32 heavy (non-hydrogen) atoms. The fraction of sp³-hybridized carbons (Fsp3) is 0.545. The van der Waals surface area contributed by atoms with Gasteiger partial charge in [-0.15, -0.1) is 0 Å². The van der Waals surface area contributed by atoms with Crippen molar-refractivity contribution in [3.05, 3.63) is 35.0 Å². The third-order valence-electron chi connectivity index (χ3n) is 5.78. The van der Waals surface area contributed by atoms with E-state index >= 15 is 0 Å². The van der Waals surface area contributed by atoms with Gasteiger partial charge in [0.15, 0.2) is 0 Å². The van der Waals surface area contributed by atoms with Crippen molar-refractivity contribution in [1.29, 1.82) is 0 Å². The van der Waals surface area contributed by atoms with Crippen molar-refractivity contribution < 1.29 is 27.4 Å². The number of hydrogen-bond donors (Lipinski definition) is 2. The summed E-state index contributed by atoms with van der Waals surface area (Å²) in [6.45, 7) is 5.04. The van der Waals surface area contributed by atoms with Gasteiger partial charge in [0.25, 0.3) is 5.91 Å². The molecule has 7 nitrogen and oxygen atoms in total. The molecule has 1 aromatic heterocycles. The van der Waals surface area contributed by atoms with Crippen molar-refractivity contribution in [3.63, 3.8) is 0 Å². The third-order valence-corrected chi connectivity index (χ3v) is 5.78. The molecule has 1 aromatic carbocycles. The molecule has 0 spiro atoms. The number of fused-ring (bicyclic) bond motifs is 1. The molecule has 2 N–H and O–H groups in total. The summed E-state index contributed by atoms with van der Waals surface area (Å²) in [5.74, 6) is -0.399. The maximum atomic E-state index is 13.8. The first kappa shape index (κ1) is 22.9. The van der Waals surface area contributed by atoms with Crippen LogP contribution >= 0.6 is 0 Å². The van der Waals surface area contributed by atoms with Crippen LogP contribution in [0.3, 0.4) is 0 Å². The molecule has 174 valence electrons. The Morgan fingerprint density at radius 3 is 2.81 bits per heavy atom. The number of anilines is 1. The first-order chi connectivity index (χ1) is 15.2. The Morgan fingerprint density at radius 1 is 1.31 bits per heavy atom. The largest absolute Gasteiger partial charge is 0.418 e. The molecule has 0 aliphatic carbocycles. The lowest BCUT2D eigenvalue weighted by atomic mass is 10.0. The van der Waals surface area contributed by atoms with E-state index in [1.807, 2.05) is 7.05 Å². The number of hydrogen-bond acceptors (Lipinski definition) is 6. The Hall–Kier alpha value is -2.27. The van der Waals surface area contributed by atoms with Gasteiger partial charge < -0.3 is 25.0 Å². The summed E-state index contributed by atoms with van der Waals surface area (Å²) in [6.07, 6.45) is -4.99. The highest BCUT2D eigenvalue weighted by Gasteiger charge is 2.35. The number of pyridine rings is 1. The van der Waals surface area contributed by atoms with Crippen LogP contribution < -0.4 is 10.6 Å². The van der Waals surface area contributed by atoms with E-state index in [1.54, 1.807) is 19.1 Å². The first-order valence-electron chi connectivity index (χ1n) is 10.7. The zero-order chi connectivity index (χ0) is 22.9. The van der Waals surface area contributed by atoms with Crippen LogP contribution in [0.25, 0.3) is 10.9 Å². The Bertz CT molecular complexity index is 993. The minimum atomic E-state index is -4.57. The van der Waals surface area contributed by atoms with Crippen molar-refractivity contribution in [2.75, 3.05) is 51.8 Å². The van der Waals surface area contributed by atoms with Gasteiger partial charge in [-0.25, -0.2) is 0 Å². The molecule has 2 aliphatic rings. The molecule has 2 aromatic rings. The van der Waals surface area contributed by atoms with Gasteiger partial charge in [-0.1, -0.05) is 0 Å². The molecule has 0 saturated carbocycles. The number of nitrogens with zero attached hydrogens (tertiary/aromatic N) is 2. The summed E-state index contributed by atoms with van der Waals surface area (Å²) in [5, 5.41) is 6.08. The van der Waals surface area contributed by atoms with Crippen molar-refractivity contribution in [2.24, 2.45) is 0 Å². The molecule has 0 unspecified atom stereocenters. The number of amides is 1. The number of halogens is 3. The smallest absolute Gasteiger partial charge is 0.375 e. The average molecular weight is 452 g/mol. The molecular weight excluding hydrogens is 425 g/mol. The predicted molar refractivity (Wildman–Crippen MR) is 114 cm³/mol. The number of carbonyl (C=O) groups is 1. The minimum absolute atomic E-state index is 0.131. The Morgan fingerprint density at radius 2 is 2.12 bits per heavy atom. The Balaban J connectivity index is 1.69. The molecular formula is C22H27F3N4O3. The number of morpholine rings is 2. The molecule has 0 bridgehead atoms. The molecule has 1 amide bonds.